The van der Waals surface area contributed by atoms with Crippen LogP contribution >= 0.6 is 0 Å². The van der Waals surface area contributed by atoms with Crippen LogP contribution in [0.4, 0.5) is 0 Å². The van der Waals surface area contributed by atoms with Crippen LogP contribution in [0.5, 0.6) is 5.75 Å². The molecule has 0 aliphatic heterocycles. The predicted molar refractivity (Wildman–Crippen MR) is 65.4 cm³/mol. The minimum atomic E-state index is 0. The topological polar surface area (TPSA) is 37.2 Å². The van der Waals surface area contributed by atoms with Crippen LogP contribution in [0.3, 0.4) is 0 Å². The van der Waals surface area contributed by atoms with E-state index >= 15 is 0 Å². The molecule has 0 bridgehead atoms. The van der Waals surface area contributed by atoms with Gasteiger partial charge in [0.15, 0.2) is 6.20 Å². The number of fused-ring (bicyclic) bond motifs is 1. The Morgan fingerprint density at radius 1 is 0.833 bits per heavy atom. The fourth-order valence-electron chi connectivity index (χ4n) is 2.06. The molecule has 1 aromatic heterocycles. The molecule has 0 atom stereocenters. The van der Waals surface area contributed by atoms with E-state index in [0.717, 1.165) is 16.5 Å². The zero-order chi connectivity index (χ0) is 11.7. The minimum absolute atomic E-state index is 0. The van der Waals surface area contributed by atoms with Gasteiger partial charge in [0.1, 0.15) is 0 Å². The summed E-state index contributed by atoms with van der Waals surface area (Å²) in [5, 5.41) is 14.0. The van der Waals surface area contributed by atoms with Crippen LogP contribution in [0, 0.1) is 0 Å². The van der Waals surface area contributed by atoms with Crippen molar-refractivity contribution in [1.29, 1.82) is 0 Å². The fourth-order valence-corrected chi connectivity index (χ4v) is 2.06. The number of aromatic nitrogens is 1. The van der Waals surface area contributed by atoms with Crippen LogP contribution in [0.2, 0.25) is 0 Å². The molecule has 0 radical (unpaired) electrons. The van der Waals surface area contributed by atoms with Gasteiger partial charge in [-0.05, 0) is 17.5 Å². The van der Waals surface area contributed by atoms with Gasteiger partial charge >= 0.3 is 68.9 Å². The Bertz CT molecular complexity index is 677. The first-order valence-electron chi connectivity index (χ1n) is 5.52. The van der Waals surface area contributed by atoms with Gasteiger partial charge in [-0.25, -0.2) is 4.98 Å². The van der Waals surface area contributed by atoms with Crippen molar-refractivity contribution in [2.24, 2.45) is 0 Å². The van der Waals surface area contributed by atoms with Gasteiger partial charge in [0.05, 0.1) is 5.39 Å². The minimum Gasteiger partial charge on any atom is -0.872 e. The molecule has 1 N–H and O–H groups in total. The monoisotopic (exact) mass is 354 g/mol. The van der Waals surface area contributed by atoms with Gasteiger partial charge in [-0.1, -0.05) is 42.1 Å². The smallest absolute Gasteiger partial charge is 0.872 e. The number of rotatable bonds is 1. The molecule has 2 nitrogen and oxygen atoms in total. The maximum absolute atomic E-state index is 11.8. The summed E-state index contributed by atoms with van der Waals surface area (Å²) < 4.78 is 0. The second-order valence-electron chi connectivity index (χ2n) is 3.94. The normalized spacial score (nSPS) is 10.0. The number of para-hydroxylation sites is 1. The molecule has 0 aliphatic carbocycles. The molecule has 2 aromatic carbocycles. The van der Waals surface area contributed by atoms with E-state index in [1.165, 1.54) is 0 Å². The Balaban J connectivity index is 0.00000120. The van der Waals surface area contributed by atoms with Crippen LogP contribution in [-0.4, -0.2) is 0 Å². The quantitative estimate of drug-likeness (QED) is 0.575. The van der Waals surface area contributed by atoms with E-state index in [4.69, 9.17) is 0 Å². The second kappa shape index (κ2) is 6.23. The molecule has 3 aromatic rings. The molecule has 1 heterocycles. The molecule has 3 heteroatoms. The first-order valence-corrected chi connectivity index (χ1v) is 5.52. The SMILES string of the molecule is [Cs+].[O-]c1ccccc1-c1[nH+]ccc2ccccc12. The van der Waals surface area contributed by atoms with Crippen molar-refractivity contribution in [1.82, 2.24) is 0 Å². The molecule has 0 saturated carbocycles. The summed E-state index contributed by atoms with van der Waals surface area (Å²) in [6.45, 7) is 0. The average molecular weight is 354 g/mol. The second-order valence-corrected chi connectivity index (χ2v) is 3.94. The van der Waals surface area contributed by atoms with Crippen LogP contribution < -0.4 is 79.0 Å². The molecule has 0 amide bonds. The van der Waals surface area contributed by atoms with Crippen molar-refractivity contribution in [2.45, 2.75) is 0 Å². The largest absolute Gasteiger partial charge is 1.00 e. The molecule has 0 saturated heterocycles. The van der Waals surface area contributed by atoms with Crippen LogP contribution in [0.15, 0.2) is 60.8 Å². The number of aromatic amines is 1. The predicted octanol–water partition coefficient (Wildman–Crippen LogP) is -0.601. The first-order chi connectivity index (χ1) is 8.36. The summed E-state index contributed by atoms with van der Waals surface area (Å²) in [6, 6.07) is 17.1. The fraction of sp³-hybridized carbons (Fsp3) is 0. The van der Waals surface area contributed by atoms with Crippen LogP contribution in [0.1, 0.15) is 0 Å². The Hall–Kier alpha value is -0.298. The van der Waals surface area contributed by atoms with Gasteiger partial charge in [0.2, 0.25) is 5.69 Å². The maximum atomic E-state index is 11.8. The summed E-state index contributed by atoms with van der Waals surface area (Å²) >= 11 is 0. The summed E-state index contributed by atoms with van der Waals surface area (Å²) in [7, 11) is 0. The van der Waals surface area contributed by atoms with E-state index in [0.29, 0.717) is 5.56 Å². The molecule has 0 aliphatic rings. The molecule has 82 valence electrons. The number of nitrogens with one attached hydrogen (secondary N) is 1. The van der Waals surface area contributed by atoms with E-state index < -0.39 is 0 Å². The molecule has 3 rings (SSSR count). The van der Waals surface area contributed by atoms with Gasteiger partial charge in [-0.15, -0.1) is 0 Å². The van der Waals surface area contributed by atoms with Crippen molar-refractivity contribution in [3.63, 3.8) is 0 Å². The Morgan fingerprint density at radius 2 is 1.56 bits per heavy atom. The number of H-pyrrole nitrogens is 1. The number of benzene rings is 2. The van der Waals surface area contributed by atoms with E-state index in [-0.39, 0.29) is 74.6 Å². The molecule has 0 spiro atoms. The average Bonchev–Trinajstić information content (AvgIpc) is 2.39. The van der Waals surface area contributed by atoms with Crippen molar-refractivity contribution in [3.05, 3.63) is 60.8 Å². The number of pyridine rings is 1. The van der Waals surface area contributed by atoms with E-state index in [1.807, 2.05) is 48.7 Å². The van der Waals surface area contributed by atoms with E-state index in [2.05, 4.69) is 4.98 Å². The third kappa shape index (κ3) is 2.66. The van der Waals surface area contributed by atoms with Gasteiger partial charge in [-0.3, -0.25) is 0 Å². The number of hydrogen-bond donors (Lipinski definition) is 0. The van der Waals surface area contributed by atoms with Crippen LogP contribution in [-0.2, 0) is 0 Å². The Labute approximate surface area is 164 Å². The van der Waals surface area contributed by atoms with Gasteiger partial charge in [-0.2, -0.15) is 0 Å². The maximum Gasteiger partial charge on any atom is 1.00 e. The van der Waals surface area contributed by atoms with E-state index in [1.54, 1.807) is 12.1 Å². The molecule has 0 fully saturated rings. The van der Waals surface area contributed by atoms with E-state index in [9.17, 15) is 5.11 Å². The molecular formula is C15H11CsNO+. The van der Waals surface area contributed by atoms with Crippen molar-refractivity contribution in [3.8, 4) is 17.0 Å². The summed E-state index contributed by atoms with van der Waals surface area (Å²) in [6.07, 6.45) is 1.87. The summed E-state index contributed by atoms with van der Waals surface area (Å²) in [5.41, 5.74) is 1.60. The van der Waals surface area contributed by atoms with Gasteiger partial charge in [0.25, 0.3) is 0 Å². The molecular weight excluding hydrogens is 343 g/mol. The van der Waals surface area contributed by atoms with Gasteiger partial charge < -0.3 is 5.11 Å². The third-order valence-electron chi connectivity index (χ3n) is 2.88. The van der Waals surface area contributed by atoms with Crippen molar-refractivity contribution in [2.75, 3.05) is 0 Å². The van der Waals surface area contributed by atoms with Gasteiger partial charge in [0, 0.05) is 11.6 Å². The zero-order valence-corrected chi connectivity index (χ0v) is 16.5. The van der Waals surface area contributed by atoms with Crippen LogP contribution in [0.25, 0.3) is 22.0 Å². The van der Waals surface area contributed by atoms with Crippen molar-refractivity contribution < 1.29 is 79.0 Å². The summed E-state index contributed by atoms with van der Waals surface area (Å²) in [5.74, 6) is 0.0418. The number of hydrogen-bond acceptors (Lipinski definition) is 1. The molecule has 0 unspecified atom stereocenters. The van der Waals surface area contributed by atoms with Crippen molar-refractivity contribution >= 4 is 10.8 Å². The standard InChI is InChI=1S/C15H11NO.Cs/c17-14-8-4-3-7-13(14)15-12-6-2-1-5-11(12)9-10-16-15;/h1-10,17H;/q;+1. The Kier molecular flexibility index (Phi) is 4.89. The third-order valence-corrected chi connectivity index (χ3v) is 2.88. The molecule has 18 heavy (non-hydrogen) atoms. The summed E-state index contributed by atoms with van der Waals surface area (Å²) in [4.78, 5) is 3.17. The Morgan fingerprint density at radius 3 is 2.39 bits per heavy atom. The zero-order valence-electron chi connectivity index (χ0n) is 10.2. The first kappa shape index (κ1) is 14.1.